The van der Waals surface area contributed by atoms with Crippen molar-refractivity contribution in [1.82, 2.24) is 10.2 Å². The summed E-state index contributed by atoms with van der Waals surface area (Å²) in [7, 11) is 0. The van der Waals surface area contributed by atoms with Crippen LogP contribution >= 0.6 is 0 Å². The second-order valence-electron chi connectivity index (χ2n) is 4.65. The molecule has 0 aromatic heterocycles. The van der Waals surface area contributed by atoms with Crippen molar-refractivity contribution in [1.29, 1.82) is 0 Å². The molecule has 0 saturated carbocycles. The summed E-state index contributed by atoms with van der Waals surface area (Å²) in [5.41, 5.74) is 0.984. The van der Waals surface area contributed by atoms with Gasteiger partial charge in [0.05, 0.1) is 13.2 Å². The van der Waals surface area contributed by atoms with Crippen molar-refractivity contribution in [2.75, 3.05) is 32.8 Å². The number of hydrogen-bond acceptors (Lipinski definition) is 4. The molecule has 0 unspecified atom stereocenters. The Kier molecular flexibility index (Phi) is 5.18. The van der Waals surface area contributed by atoms with E-state index < -0.39 is 0 Å². The Morgan fingerprint density at radius 1 is 1.26 bits per heavy atom. The molecule has 0 bridgehead atoms. The van der Waals surface area contributed by atoms with Crippen LogP contribution in [-0.4, -0.2) is 48.8 Å². The van der Waals surface area contributed by atoms with E-state index in [2.05, 4.69) is 10.2 Å². The zero-order valence-electron chi connectivity index (χ0n) is 11.0. The Bertz CT molecular complexity index is 400. The Morgan fingerprint density at radius 2 is 1.95 bits per heavy atom. The highest BCUT2D eigenvalue weighted by atomic mass is 16.5. The number of hydrogen-bond donors (Lipinski definition) is 2. The maximum absolute atomic E-state index is 11.7. The molecule has 5 nitrogen and oxygen atoms in total. The Balaban J connectivity index is 1.65. The number of rotatable bonds is 5. The van der Waals surface area contributed by atoms with Crippen molar-refractivity contribution in [3.8, 4) is 5.75 Å². The lowest BCUT2D eigenvalue weighted by atomic mass is 10.2. The van der Waals surface area contributed by atoms with Crippen molar-refractivity contribution in [3.63, 3.8) is 0 Å². The van der Waals surface area contributed by atoms with Gasteiger partial charge in [-0.15, -0.1) is 0 Å². The van der Waals surface area contributed by atoms with Gasteiger partial charge in [-0.2, -0.15) is 0 Å². The fraction of sp³-hybridized carbons (Fsp3) is 0.500. The zero-order chi connectivity index (χ0) is 13.5. The zero-order valence-corrected chi connectivity index (χ0v) is 11.0. The lowest BCUT2D eigenvalue weighted by Gasteiger charge is -2.26. The molecule has 0 radical (unpaired) electrons. The van der Waals surface area contributed by atoms with Crippen molar-refractivity contribution in [3.05, 3.63) is 29.8 Å². The number of nitrogens with one attached hydrogen (secondary N) is 1. The van der Waals surface area contributed by atoms with Crippen LogP contribution in [0.5, 0.6) is 5.75 Å². The third kappa shape index (κ3) is 4.89. The molecular weight excluding hydrogens is 244 g/mol. The summed E-state index contributed by atoms with van der Waals surface area (Å²) in [5, 5.41) is 12.0. The number of phenolic OH excluding ortho intramolecular Hbond substituents is 1. The number of morpholine rings is 1. The van der Waals surface area contributed by atoms with Gasteiger partial charge in [0.1, 0.15) is 5.75 Å². The number of phenols is 1. The molecule has 1 saturated heterocycles. The number of amides is 1. The highest BCUT2D eigenvalue weighted by Crippen LogP contribution is 2.09. The molecule has 1 fully saturated rings. The molecule has 2 rings (SSSR count). The number of nitrogens with zero attached hydrogens (tertiary/aromatic N) is 1. The molecule has 1 aliphatic heterocycles. The number of ether oxygens (including phenoxy) is 1. The van der Waals surface area contributed by atoms with Gasteiger partial charge in [0, 0.05) is 32.6 Å². The van der Waals surface area contributed by atoms with Crippen LogP contribution in [0.1, 0.15) is 12.0 Å². The van der Waals surface area contributed by atoms with Crippen LogP contribution in [-0.2, 0) is 16.1 Å². The first kappa shape index (κ1) is 13.8. The van der Waals surface area contributed by atoms with Crippen LogP contribution < -0.4 is 5.32 Å². The molecule has 2 N–H and O–H groups in total. The summed E-state index contributed by atoms with van der Waals surface area (Å²) in [6.45, 7) is 4.62. The van der Waals surface area contributed by atoms with Crippen LogP contribution in [0.3, 0.4) is 0 Å². The minimum atomic E-state index is 0.0552. The van der Waals surface area contributed by atoms with Gasteiger partial charge in [0.25, 0.3) is 0 Å². The first-order chi connectivity index (χ1) is 9.24. The molecule has 5 heteroatoms. The van der Waals surface area contributed by atoms with Crippen LogP contribution in [0.2, 0.25) is 0 Å². The van der Waals surface area contributed by atoms with Crippen LogP contribution in [0.4, 0.5) is 0 Å². The molecule has 1 heterocycles. The largest absolute Gasteiger partial charge is 0.508 e. The maximum Gasteiger partial charge on any atom is 0.221 e. The molecule has 19 heavy (non-hydrogen) atoms. The quantitative estimate of drug-likeness (QED) is 0.823. The predicted octanol–water partition coefficient (Wildman–Crippen LogP) is 0.731. The van der Waals surface area contributed by atoms with Gasteiger partial charge in [-0.1, -0.05) is 12.1 Å². The number of carbonyl (C=O) groups is 1. The first-order valence-corrected chi connectivity index (χ1v) is 6.59. The summed E-state index contributed by atoms with van der Waals surface area (Å²) in [4.78, 5) is 13.9. The molecule has 0 aliphatic carbocycles. The lowest BCUT2D eigenvalue weighted by molar-refractivity contribution is -0.121. The van der Waals surface area contributed by atoms with Crippen molar-refractivity contribution in [2.45, 2.75) is 13.0 Å². The monoisotopic (exact) mass is 264 g/mol. The van der Waals surface area contributed by atoms with Crippen molar-refractivity contribution < 1.29 is 14.6 Å². The van der Waals surface area contributed by atoms with E-state index in [0.29, 0.717) is 13.0 Å². The Hall–Kier alpha value is -1.59. The summed E-state index contributed by atoms with van der Waals surface area (Å²) >= 11 is 0. The normalized spacial score (nSPS) is 16.2. The van der Waals surface area contributed by atoms with Crippen molar-refractivity contribution in [2.24, 2.45) is 0 Å². The summed E-state index contributed by atoms with van der Waals surface area (Å²) in [6.07, 6.45) is 0.512. The first-order valence-electron chi connectivity index (χ1n) is 6.59. The van der Waals surface area contributed by atoms with Gasteiger partial charge < -0.3 is 15.2 Å². The second kappa shape index (κ2) is 7.11. The van der Waals surface area contributed by atoms with E-state index in [0.717, 1.165) is 38.4 Å². The molecule has 1 aromatic carbocycles. The number of benzene rings is 1. The Morgan fingerprint density at radius 3 is 2.63 bits per heavy atom. The molecule has 104 valence electrons. The molecule has 1 aliphatic rings. The summed E-state index contributed by atoms with van der Waals surface area (Å²) in [6, 6.07) is 6.85. The van der Waals surface area contributed by atoms with Gasteiger partial charge >= 0.3 is 0 Å². The molecule has 0 spiro atoms. The molecule has 1 amide bonds. The Labute approximate surface area is 113 Å². The van der Waals surface area contributed by atoms with Crippen LogP contribution in [0.25, 0.3) is 0 Å². The third-order valence-corrected chi connectivity index (χ3v) is 3.18. The van der Waals surface area contributed by atoms with Gasteiger partial charge in [-0.25, -0.2) is 0 Å². The van der Waals surface area contributed by atoms with E-state index in [-0.39, 0.29) is 11.7 Å². The fourth-order valence-electron chi connectivity index (χ4n) is 1.99. The van der Waals surface area contributed by atoms with E-state index in [1.165, 1.54) is 0 Å². The maximum atomic E-state index is 11.7. The smallest absolute Gasteiger partial charge is 0.221 e. The minimum absolute atomic E-state index is 0.0552. The molecule has 0 atom stereocenters. The lowest BCUT2D eigenvalue weighted by Crippen LogP contribution is -2.38. The van der Waals surface area contributed by atoms with E-state index in [1.54, 1.807) is 24.3 Å². The van der Waals surface area contributed by atoms with Crippen LogP contribution in [0, 0.1) is 0 Å². The highest BCUT2D eigenvalue weighted by molar-refractivity contribution is 5.76. The standard InChI is InChI=1S/C14H20N2O3/c17-13-3-1-12(2-4-13)11-15-14(18)5-6-16-7-9-19-10-8-16/h1-4,17H,5-11H2,(H,15,18). The second-order valence-corrected chi connectivity index (χ2v) is 4.65. The van der Waals surface area contributed by atoms with E-state index in [1.807, 2.05) is 0 Å². The number of aromatic hydroxyl groups is 1. The van der Waals surface area contributed by atoms with Crippen molar-refractivity contribution >= 4 is 5.91 Å². The predicted molar refractivity (Wildman–Crippen MR) is 71.8 cm³/mol. The number of carbonyl (C=O) groups excluding carboxylic acids is 1. The summed E-state index contributed by atoms with van der Waals surface area (Å²) in [5.74, 6) is 0.293. The van der Waals surface area contributed by atoms with Crippen LogP contribution in [0.15, 0.2) is 24.3 Å². The highest BCUT2D eigenvalue weighted by Gasteiger charge is 2.11. The molecular formula is C14H20N2O3. The topological polar surface area (TPSA) is 61.8 Å². The summed E-state index contributed by atoms with van der Waals surface area (Å²) < 4.78 is 5.26. The SMILES string of the molecule is O=C(CCN1CCOCC1)NCc1ccc(O)cc1. The van der Waals surface area contributed by atoms with Gasteiger partial charge in [0.15, 0.2) is 0 Å². The third-order valence-electron chi connectivity index (χ3n) is 3.18. The van der Waals surface area contributed by atoms with Gasteiger partial charge in [-0.05, 0) is 17.7 Å². The fourth-order valence-corrected chi connectivity index (χ4v) is 1.99. The van der Waals surface area contributed by atoms with E-state index in [4.69, 9.17) is 9.84 Å². The van der Waals surface area contributed by atoms with Gasteiger partial charge in [-0.3, -0.25) is 9.69 Å². The van der Waals surface area contributed by atoms with E-state index >= 15 is 0 Å². The minimum Gasteiger partial charge on any atom is -0.508 e. The van der Waals surface area contributed by atoms with E-state index in [9.17, 15) is 4.79 Å². The van der Waals surface area contributed by atoms with Gasteiger partial charge in [0.2, 0.25) is 5.91 Å². The average molecular weight is 264 g/mol. The molecule has 1 aromatic rings. The average Bonchev–Trinajstić information content (AvgIpc) is 2.45.